The highest BCUT2D eigenvalue weighted by molar-refractivity contribution is 8.00. The molecule has 0 radical (unpaired) electrons. The van der Waals surface area contributed by atoms with Gasteiger partial charge in [-0.1, -0.05) is 0 Å². The number of hydrogen-bond acceptors (Lipinski definition) is 5. The molecule has 22 heavy (non-hydrogen) atoms. The summed E-state index contributed by atoms with van der Waals surface area (Å²) in [4.78, 5) is 33.4. The zero-order valence-electron chi connectivity index (χ0n) is 10.9. The van der Waals surface area contributed by atoms with Gasteiger partial charge in [-0.15, -0.1) is 11.8 Å². The van der Waals surface area contributed by atoms with E-state index in [0.717, 1.165) is 11.8 Å². The van der Waals surface area contributed by atoms with Crippen LogP contribution in [0.15, 0.2) is 4.99 Å². The fourth-order valence-corrected chi connectivity index (χ4v) is 1.63. The van der Waals surface area contributed by atoms with E-state index in [1.165, 1.54) is 0 Å². The van der Waals surface area contributed by atoms with Crippen molar-refractivity contribution >= 4 is 35.6 Å². The van der Waals surface area contributed by atoms with E-state index in [4.69, 9.17) is 31.6 Å². The van der Waals surface area contributed by atoms with Crippen LogP contribution in [0.1, 0.15) is 6.42 Å². The molecule has 0 saturated heterocycles. The minimum absolute atomic E-state index is 0.0688. The molecule has 0 amide bonds. The summed E-state index contributed by atoms with van der Waals surface area (Å²) in [5.74, 6) is -4.75. The summed E-state index contributed by atoms with van der Waals surface area (Å²) >= 11 is 1.00. The summed E-state index contributed by atoms with van der Waals surface area (Å²) in [5, 5.41) is 23.3. The van der Waals surface area contributed by atoms with Crippen molar-refractivity contribution in [3.8, 4) is 0 Å². The maximum Gasteiger partial charge on any atom is 0.490 e. The fourth-order valence-electron chi connectivity index (χ4n) is 0.746. The Hall–Kier alpha value is -2.18. The van der Waals surface area contributed by atoms with Crippen LogP contribution in [0.25, 0.3) is 0 Å². The predicted octanol–water partition coefficient (Wildman–Crippen LogP) is -0.446. The van der Waals surface area contributed by atoms with Gasteiger partial charge < -0.3 is 26.8 Å². The number of carboxylic acid groups (broad SMARTS) is 3. The summed E-state index contributed by atoms with van der Waals surface area (Å²) < 4.78 is 31.7. The first kappa shape index (κ1) is 22.1. The lowest BCUT2D eigenvalue weighted by molar-refractivity contribution is -0.192. The lowest BCUT2D eigenvalue weighted by atomic mass is 10.3. The first-order valence-corrected chi connectivity index (χ1v) is 6.34. The molecule has 0 heterocycles. The summed E-state index contributed by atoms with van der Waals surface area (Å²) in [6.45, 7) is 0.274. The van der Waals surface area contributed by atoms with Gasteiger partial charge in [0.1, 0.15) is 5.25 Å². The second-order valence-electron chi connectivity index (χ2n) is 3.41. The average Bonchev–Trinajstić information content (AvgIpc) is 2.31. The molecule has 0 aromatic heterocycles. The van der Waals surface area contributed by atoms with E-state index in [9.17, 15) is 22.8 Å². The van der Waals surface area contributed by atoms with Gasteiger partial charge in [0, 0.05) is 5.75 Å². The number of alkyl halides is 3. The van der Waals surface area contributed by atoms with Crippen molar-refractivity contribution in [1.29, 1.82) is 0 Å². The number of aliphatic imine (C=N–C) groups is 1. The topological polar surface area (TPSA) is 176 Å². The molecule has 7 N–H and O–H groups in total. The van der Waals surface area contributed by atoms with Crippen molar-refractivity contribution in [3.63, 3.8) is 0 Å². The van der Waals surface area contributed by atoms with Crippen molar-refractivity contribution in [2.24, 2.45) is 16.5 Å². The molecular weight excluding hydrogens is 335 g/mol. The Morgan fingerprint density at radius 2 is 1.59 bits per heavy atom. The lowest BCUT2D eigenvalue weighted by Gasteiger charge is -2.07. The van der Waals surface area contributed by atoms with Gasteiger partial charge in [-0.3, -0.25) is 14.6 Å². The molecule has 0 rings (SSSR count). The summed E-state index contributed by atoms with van der Waals surface area (Å²) in [6.07, 6.45) is -5.50. The third kappa shape index (κ3) is 14.2. The quantitative estimate of drug-likeness (QED) is 0.231. The van der Waals surface area contributed by atoms with Crippen LogP contribution in [0, 0.1) is 0 Å². The highest BCUT2D eigenvalue weighted by atomic mass is 32.2. The Bertz CT molecular complexity index is 425. The Morgan fingerprint density at radius 1 is 1.14 bits per heavy atom. The van der Waals surface area contributed by atoms with Crippen molar-refractivity contribution in [2.45, 2.75) is 17.8 Å². The molecule has 0 fully saturated rings. The van der Waals surface area contributed by atoms with Gasteiger partial charge in [-0.25, -0.2) is 4.79 Å². The van der Waals surface area contributed by atoms with Crippen LogP contribution in [-0.4, -0.2) is 62.9 Å². The number of aliphatic carboxylic acids is 3. The third-order valence-electron chi connectivity index (χ3n) is 1.58. The Kier molecular flexibility index (Phi) is 10.6. The molecule has 0 aliphatic carbocycles. The minimum atomic E-state index is -5.08. The van der Waals surface area contributed by atoms with Crippen LogP contribution in [0.5, 0.6) is 0 Å². The number of nitrogens with two attached hydrogens (primary N) is 2. The van der Waals surface area contributed by atoms with E-state index in [2.05, 4.69) is 4.99 Å². The molecular formula is C9H14F3N3O6S. The normalized spacial score (nSPS) is 11.6. The molecule has 1 unspecified atom stereocenters. The van der Waals surface area contributed by atoms with E-state index in [0.29, 0.717) is 5.75 Å². The van der Waals surface area contributed by atoms with Gasteiger partial charge >= 0.3 is 24.1 Å². The van der Waals surface area contributed by atoms with Crippen LogP contribution < -0.4 is 11.5 Å². The Balaban J connectivity index is 0. The zero-order valence-corrected chi connectivity index (χ0v) is 11.7. The van der Waals surface area contributed by atoms with Gasteiger partial charge in [-0.2, -0.15) is 13.2 Å². The van der Waals surface area contributed by atoms with E-state index in [1.54, 1.807) is 0 Å². The number of thioether (sulfide) groups is 1. The zero-order chi connectivity index (χ0) is 17.9. The number of halogens is 3. The first-order valence-electron chi connectivity index (χ1n) is 5.29. The van der Waals surface area contributed by atoms with E-state index >= 15 is 0 Å². The minimum Gasteiger partial charge on any atom is -0.481 e. The van der Waals surface area contributed by atoms with Crippen LogP contribution in [-0.2, 0) is 14.4 Å². The van der Waals surface area contributed by atoms with Gasteiger partial charge in [0.05, 0.1) is 13.0 Å². The molecule has 0 bridgehead atoms. The number of rotatable bonds is 7. The maximum atomic E-state index is 10.6. The van der Waals surface area contributed by atoms with E-state index < -0.39 is 35.8 Å². The number of carboxylic acids is 3. The number of nitrogens with zero attached hydrogens (tertiary/aromatic N) is 1. The van der Waals surface area contributed by atoms with Crippen LogP contribution in [0.3, 0.4) is 0 Å². The molecule has 128 valence electrons. The van der Waals surface area contributed by atoms with Crippen LogP contribution in [0.4, 0.5) is 13.2 Å². The van der Waals surface area contributed by atoms with Crippen molar-refractivity contribution in [3.05, 3.63) is 0 Å². The lowest BCUT2D eigenvalue weighted by Crippen LogP contribution is -2.24. The fraction of sp³-hybridized carbons (Fsp3) is 0.556. The molecule has 0 aromatic rings. The molecule has 0 aliphatic rings. The average molecular weight is 349 g/mol. The van der Waals surface area contributed by atoms with Crippen LogP contribution in [0.2, 0.25) is 0 Å². The van der Waals surface area contributed by atoms with Crippen molar-refractivity contribution in [1.82, 2.24) is 0 Å². The molecule has 0 aromatic carbocycles. The molecule has 1 atom stereocenters. The number of carbonyl (C=O) groups is 3. The molecule has 0 aliphatic heterocycles. The first-order chi connectivity index (χ1) is 9.87. The highest BCUT2D eigenvalue weighted by Crippen LogP contribution is 2.15. The van der Waals surface area contributed by atoms with E-state index in [-0.39, 0.29) is 12.5 Å². The predicted molar refractivity (Wildman–Crippen MR) is 70.5 cm³/mol. The highest BCUT2D eigenvalue weighted by Gasteiger charge is 2.38. The summed E-state index contributed by atoms with van der Waals surface area (Å²) in [6, 6.07) is 0. The second-order valence-corrected chi connectivity index (χ2v) is 4.72. The van der Waals surface area contributed by atoms with Crippen molar-refractivity contribution in [2.75, 3.05) is 12.3 Å². The van der Waals surface area contributed by atoms with Gasteiger partial charge in [0.15, 0.2) is 5.96 Å². The molecule has 0 saturated carbocycles. The molecule has 0 spiro atoms. The molecule has 9 nitrogen and oxygen atoms in total. The monoisotopic (exact) mass is 349 g/mol. The van der Waals surface area contributed by atoms with E-state index in [1.807, 2.05) is 0 Å². The summed E-state index contributed by atoms with van der Waals surface area (Å²) in [5.41, 5.74) is 10.1. The second kappa shape index (κ2) is 10.5. The standard InChI is InChI=1S/C7H13N3O4S.C2HF3O2/c8-7(9)10-1-2-15-4(6(13)14)3-5(11)12;3-2(4,5)1(6)7/h4H,1-3H2,(H,11,12)(H,13,14)(H4,8,9,10);(H,6,7). The Morgan fingerprint density at radius 3 is 1.86 bits per heavy atom. The smallest absolute Gasteiger partial charge is 0.481 e. The Labute approximate surface area is 126 Å². The summed E-state index contributed by atoms with van der Waals surface area (Å²) in [7, 11) is 0. The third-order valence-corrected chi connectivity index (χ3v) is 2.77. The van der Waals surface area contributed by atoms with Gasteiger partial charge in [0.2, 0.25) is 0 Å². The molecule has 13 heteroatoms. The van der Waals surface area contributed by atoms with Gasteiger partial charge in [0.25, 0.3) is 0 Å². The van der Waals surface area contributed by atoms with Gasteiger partial charge in [-0.05, 0) is 0 Å². The maximum absolute atomic E-state index is 10.6. The van der Waals surface area contributed by atoms with Crippen molar-refractivity contribution < 1.29 is 42.9 Å². The van der Waals surface area contributed by atoms with Crippen LogP contribution >= 0.6 is 11.8 Å². The SMILES string of the molecule is NC(N)=NCCSC(CC(=O)O)C(=O)O.O=C(O)C(F)(F)F. The number of hydrogen-bond donors (Lipinski definition) is 5. The largest absolute Gasteiger partial charge is 0.490 e. The number of guanidine groups is 1.